The molecule has 12 heavy (non-hydrogen) atoms. The summed E-state index contributed by atoms with van der Waals surface area (Å²) in [4.78, 5) is 5.05. The lowest BCUT2D eigenvalue weighted by Gasteiger charge is -1.95. The summed E-state index contributed by atoms with van der Waals surface area (Å²) in [6.45, 7) is 3.75. The van der Waals surface area contributed by atoms with Crippen LogP contribution in [0.4, 0.5) is 5.13 Å². The van der Waals surface area contributed by atoms with Crippen LogP contribution in [0.1, 0.15) is 10.6 Å². The van der Waals surface area contributed by atoms with Crippen LogP contribution < -0.4 is 4.72 Å². The second-order valence-corrected chi connectivity index (χ2v) is 5.49. The predicted octanol–water partition coefficient (Wildman–Crippen LogP) is 1.13. The van der Waals surface area contributed by atoms with Crippen LogP contribution in [0.3, 0.4) is 0 Å². The Morgan fingerprint density at radius 1 is 1.42 bits per heavy atom. The van der Waals surface area contributed by atoms with Crippen molar-refractivity contribution in [3.05, 3.63) is 10.6 Å². The van der Waals surface area contributed by atoms with E-state index < -0.39 is 10.0 Å². The van der Waals surface area contributed by atoms with Gasteiger partial charge in [0.25, 0.3) is 0 Å². The van der Waals surface area contributed by atoms with E-state index in [1.807, 2.05) is 13.8 Å². The summed E-state index contributed by atoms with van der Waals surface area (Å²) in [5.41, 5.74) is 0.867. The second kappa shape index (κ2) is 3.02. The highest BCUT2D eigenvalue weighted by atomic mass is 32.2. The van der Waals surface area contributed by atoms with Gasteiger partial charge in [0.05, 0.1) is 11.9 Å². The lowest BCUT2D eigenvalue weighted by molar-refractivity contribution is 0.607. The predicted molar refractivity (Wildman–Crippen MR) is 50.1 cm³/mol. The quantitative estimate of drug-likeness (QED) is 0.789. The van der Waals surface area contributed by atoms with Crippen LogP contribution >= 0.6 is 11.3 Å². The molecule has 1 aromatic heterocycles. The smallest absolute Gasteiger partial charge is 0.231 e. The number of aryl methyl sites for hydroxylation is 2. The molecule has 0 atom stereocenters. The van der Waals surface area contributed by atoms with Gasteiger partial charge >= 0.3 is 0 Å². The van der Waals surface area contributed by atoms with E-state index in [-0.39, 0.29) is 0 Å². The number of hydrogen-bond acceptors (Lipinski definition) is 4. The molecule has 0 saturated carbocycles. The lowest BCUT2D eigenvalue weighted by atomic mass is 10.4. The van der Waals surface area contributed by atoms with Gasteiger partial charge in [-0.15, -0.1) is 11.3 Å². The summed E-state index contributed by atoms with van der Waals surface area (Å²) in [6.07, 6.45) is 1.11. The maximum atomic E-state index is 10.8. The molecule has 0 spiro atoms. The summed E-state index contributed by atoms with van der Waals surface area (Å²) in [5, 5.41) is 0.438. The van der Waals surface area contributed by atoms with Crippen molar-refractivity contribution in [3.63, 3.8) is 0 Å². The molecule has 6 heteroatoms. The number of nitrogens with one attached hydrogen (secondary N) is 1. The van der Waals surface area contributed by atoms with Gasteiger partial charge in [-0.2, -0.15) is 0 Å². The van der Waals surface area contributed by atoms with E-state index in [9.17, 15) is 8.42 Å². The average molecular weight is 206 g/mol. The molecule has 0 radical (unpaired) electrons. The molecule has 0 saturated heterocycles. The zero-order valence-electron chi connectivity index (χ0n) is 7.08. The normalized spacial score (nSPS) is 11.6. The van der Waals surface area contributed by atoms with Crippen LogP contribution in [0.25, 0.3) is 0 Å². The molecule has 1 rings (SSSR count). The lowest BCUT2D eigenvalue weighted by Crippen LogP contribution is -2.08. The summed E-state index contributed by atoms with van der Waals surface area (Å²) >= 11 is 1.34. The minimum atomic E-state index is -3.18. The van der Waals surface area contributed by atoms with E-state index in [0.29, 0.717) is 5.13 Å². The van der Waals surface area contributed by atoms with Crippen molar-refractivity contribution in [3.8, 4) is 0 Å². The minimum Gasteiger partial charge on any atom is -0.259 e. The van der Waals surface area contributed by atoms with E-state index >= 15 is 0 Å². The Morgan fingerprint density at radius 2 is 2.00 bits per heavy atom. The highest BCUT2D eigenvalue weighted by Crippen LogP contribution is 2.21. The molecule has 0 amide bonds. The van der Waals surface area contributed by atoms with Crippen LogP contribution in [0.5, 0.6) is 0 Å². The third-order valence-electron chi connectivity index (χ3n) is 1.30. The molecular weight excluding hydrogens is 196 g/mol. The van der Waals surface area contributed by atoms with Crippen LogP contribution in [0, 0.1) is 13.8 Å². The molecule has 4 nitrogen and oxygen atoms in total. The summed E-state index contributed by atoms with van der Waals surface area (Å²) < 4.78 is 23.9. The number of rotatable bonds is 2. The van der Waals surface area contributed by atoms with Gasteiger partial charge in [-0.3, -0.25) is 4.72 Å². The first-order valence-corrected chi connectivity index (χ1v) is 6.01. The molecule has 0 fully saturated rings. The van der Waals surface area contributed by atoms with Gasteiger partial charge in [0.15, 0.2) is 5.13 Å². The number of thiazole rings is 1. The topological polar surface area (TPSA) is 59.1 Å². The molecule has 0 unspecified atom stereocenters. The van der Waals surface area contributed by atoms with Crippen molar-refractivity contribution in [2.75, 3.05) is 11.0 Å². The fraction of sp³-hybridized carbons (Fsp3) is 0.500. The van der Waals surface area contributed by atoms with Gasteiger partial charge in [0.1, 0.15) is 0 Å². The van der Waals surface area contributed by atoms with Crippen LogP contribution in [-0.4, -0.2) is 19.7 Å². The summed E-state index contributed by atoms with van der Waals surface area (Å²) in [5.74, 6) is 0. The standard InChI is InChI=1S/C6H10N2O2S2/c1-4-5(2)11-6(7-4)8-12(3,9)10/h1-3H3,(H,7,8). The Morgan fingerprint density at radius 3 is 2.33 bits per heavy atom. The van der Waals surface area contributed by atoms with E-state index in [4.69, 9.17) is 0 Å². The summed E-state index contributed by atoms with van der Waals surface area (Å²) in [7, 11) is -3.18. The third-order valence-corrected chi connectivity index (χ3v) is 2.98. The van der Waals surface area contributed by atoms with Crippen LogP contribution in [0.15, 0.2) is 0 Å². The van der Waals surface area contributed by atoms with Crippen molar-refractivity contribution < 1.29 is 8.42 Å². The maximum Gasteiger partial charge on any atom is 0.231 e. The zero-order chi connectivity index (χ0) is 9.35. The fourth-order valence-electron chi connectivity index (χ4n) is 0.675. The second-order valence-electron chi connectivity index (χ2n) is 2.53. The molecule has 1 N–H and O–H groups in total. The fourth-order valence-corrected chi connectivity index (χ4v) is 2.32. The number of hydrogen-bond donors (Lipinski definition) is 1. The average Bonchev–Trinajstić information content (AvgIpc) is 2.07. The van der Waals surface area contributed by atoms with Crippen molar-refractivity contribution >= 4 is 26.5 Å². The zero-order valence-corrected chi connectivity index (χ0v) is 8.71. The highest BCUT2D eigenvalue weighted by molar-refractivity contribution is 7.92. The summed E-state index contributed by atoms with van der Waals surface area (Å²) in [6, 6.07) is 0. The number of nitrogens with zero attached hydrogens (tertiary/aromatic N) is 1. The highest BCUT2D eigenvalue weighted by Gasteiger charge is 2.07. The number of aromatic nitrogens is 1. The molecule has 0 aliphatic rings. The molecule has 1 aromatic rings. The number of sulfonamides is 1. The van der Waals surface area contributed by atoms with Crippen molar-refractivity contribution in [2.45, 2.75) is 13.8 Å². The molecule has 68 valence electrons. The van der Waals surface area contributed by atoms with Gasteiger partial charge in [-0.25, -0.2) is 13.4 Å². The van der Waals surface area contributed by atoms with Crippen LogP contribution in [-0.2, 0) is 10.0 Å². The maximum absolute atomic E-state index is 10.8. The first-order valence-electron chi connectivity index (χ1n) is 3.30. The minimum absolute atomic E-state index is 0.438. The molecule has 0 aromatic carbocycles. The van der Waals surface area contributed by atoms with Gasteiger partial charge in [-0.1, -0.05) is 0 Å². The number of anilines is 1. The molecule has 0 bridgehead atoms. The van der Waals surface area contributed by atoms with Crippen molar-refractivity contribution in [1.82, 2.24) is 4.98 Å². The third kappa shape index (κ3) is 2.46. The van der Waals surface area contributed by atoms with Crippen LogP contribution in [0.2, 0.25) is 0 Å². The Hall–Kier alpha value is -0.620. The first kappa shape index (κ1) is 9.47. The Labute approximate surface area is 75.7 Å². The molecule has 0 aliphatic carbocycles. The molecular formula is C6H10N2O2S2. The van der Waals surface area contributed by atoms with Gasteiger partial charge in [0.2, 0.25) is 10.0 Å². The molecule has 1 heterocycles. The van der Waals surface area contributed by atoms with Crippen molar-refractivity contribution in [2.24, 2.45) is 0 Å². The SMILES string of the molecule is Cc1nc(NS(C)(=O)=O)sc1C. The molecule has 0 aliphatic heterocycles. The van der Waals surface area contributed by atoms with Gasteiger partial charge in [-0.05, 0) is 13.8 Å². The monoisotopic (exact) mass is 206 g/mol. The Bertz CT molecular complexity index is 361. The largest absolute Gasteiger partial charge is 0.259 e. The Kier molecular flexibility index (Phi) is 2.39. The van der Waals surface area contributed by atoms with E-state index in [0.717, 1.165) is 16.8 Å². The van der Waals surface area contributed by atoms with Crippen molar-refractivity contribution in [1.29, 1.82) is 0 Å². The first-order chi connectivity index (χ1) is 5.38. The van der Waals surface area contributed by atoms with Gasteiger partial charge in [0, 0.05) is 4.88 Å². The van der Waals surface area contributed by atoms with E-state index in [2.05, 4.69) is 9.71 Å². The van der Waals surface area contributed by atoms with Gasteiger partial charge < -0.3 is 0 Å². The van der Waals surface area contributed by atoms with E-state index in [1.54, 1.807) is 0 Å². The van der Waals surface area contributed by atoms with E-state index in [1.165, 1.54) is 11.3 Å². The Balaban J connectivity index is 2.92.